The number of imidazole rings is 1. The van der Waals surface area contributed by atoms with E-state index < -0.39 is 0 Å². The molecule has 0 bridgehead atoms. The van der Waals surface area contributed by atoms with Crippen LogP contribution in [0.15, 0.2) is 36.5 Å². The topological polar surface area (TPSA) is 66.0 Å². The average molecular weight is 317 g/mol. The van der Waals surface area contributed by atoms with Crippen molar-refractivity contribution in [1.82, 2.24) is 14.5 Å². The summed E-state index contributed by atoms with van der Waals surface area (Å²) in [6.45, 7) is 3.36. The monoisotopic (exact) mass is 316 g/mol. The molecule has 3 aromatic rings. The van der Waals surface area contributed by atoms with Crippen LogP contribution in [0.2, 0.25) is 5.02 Å². The van der Waals surface area contributed by atoms with Crippen LogP contribution in [0.5, 0.6) is 5.75 Å². The lowest BCUT2D eigenvalue weighted by Crippen LogP contribution is -2.06. The molecule has 3 rings (SSSR count). The number of hydrogen-bond acceptors (Lipinski definition) is 4. The van der Waals surface area contributed by atoms with Crippen LogP contribution in [0.4, 0.5) is 5.69 Å². The molecule has 6 heteroatoms. The van der Waals surface area contributed by atoms with Crippen molar-refractivity contribution in [1.29, 1.82) is 0 Å². The smallest absolute Gasteiger partial charge is 0.160 e. The number of nitrogens with two attached hydrogens (primary N) is 1. The van der Waals surface area contributed by atoms with Gasteiger partial charge < -0.3 is 15.0 Å². The zero-order chi connectivity index (χ0) is 15.5. The van der Waals surface area contributed by atoms with Crippen LogP contribution in [-0.2, 0) is 6.54 Å². The minimum absolute atomic E-state index is 0.599. The van der Waals surface area contributed by atoms with Gasteiger partial charge in [-0.2, -0.15) is 0 Å². The first-order valence-electron chi connectivity index (χ1n) is 7.10. The fraction of sp³-hybridized carbons (Fsp3) is 0.250. The first-order valence-corrected chi connectivity index (χ1v) is 7.48. The second kappa shape index (κ2) is 6.23. The molecule has 114 valence electrons. The molecule has 0 radical (unpaired) electrons. The van der Waals surface area contributed by atoms with Crippen LogP contribution in [0.1, 0.15) is 12.2 Å². The summed E-state index contributed by atoms with van der Waals surface area (Å²) in [5.41, 5.74) is 8.10. The summed E-state index contributed by atoms with van der Waals surface area (Å²) in [5.74, 6) is 1.71. The van der Waals surface area contributed by atoms with Crippen LogP contribution < -0.4 is 10.5 Å². The Morgan fingerprint density at radius 3 is 3.00 bits per heavy atom. The molecule has 1 aromatic carbocycles. The highest BCUT2D eigenvalue weighted by atomic mass is 35.5. The zero-order valence-corrected chi connectivity index (χ0v) is 13.0. The second-order valence-corrected chi connectivity index (χ2v) is 5.52. The van der Waals surface area contributed by atoms with Gasteiger partial charge in [0.15, 0.2) is 5.65 Å². The number of rotatable bonds is 5. The molecule has 0 saturated carbocycles. The van der Waals surface area contributed by atoms with E-state index in [2.05, 4.69) is 14.5 Å². The molecule has 0 saturated heterocycles. The van der Waals surface area contributed by atoms with Crippen molar-refractivity contribution in [2.24, 2.45) is 0 Å². The van der Waals surface area contributed by atoms with Gasteiger partial charge in [0.1, 0.15) is 17.1 Å². The highest BCUT2D eigenvalue weighted by Gasteiger charge is 2.08. The number of pyridine rings is 1. The summed E-state index contributed by atoms with van der Waals surface area (Å²) >= 11 is 5.95. The minimum atomic E-state index is 0.599. The Morgan fingerprint density at radius 2 is 2.18 bits per heavy atom. The molecule has 22 heavy (non-hydrogen) atoms. The van der Waals surface area contributed by atoms with E-state index in [0.717, 1.165) is 35.7 Å². The molecule has 0 unspecified atom stereocenters. The van der Waals surface area contributed by atoms with Crippen LogP contribution in [0.3, 0.4) is 0 Å². The Balaban J connectivity index is 1.63. The standard InChI is InChI=1S/C16H17ClN4O/c1-11-20-15-8-12(17)10-19-16(15)21(11)6-3-7-22-14-5-2-4-13(18)9-14/h2,4-5,8-10H,3,6-7,18H2,1H3. The number of nitrogens with zero attached hydrogens (tertiary/aromatic N) is 3. The molecule has 2 N–H and O–H groups in total. The molecule has 2 heterocycles. The Hall–Kier alpha value is -2.27. The maximum atomic E-state index is 5.95. The van der Waals surface area contributed by atoms with Gasteiger partial charge in [-0.05, 0) is 31.5 Å². The number of halogens is 1. The van der Waals surface area contributed by atoms with Crippen molar-refractivity contribution in [3.05, 3.63) is 47.4 Å². The van der Waals surface area contributed by atoms with Gasteiger partial charge >= 0.3 is 0 Å². The van der Waals surface area contributed by atoms with Crippen LogP contribution in [-0.4, -0.2) is 21.1 Å². The molecule has 0 spiro atoms. The van der Waals surface area contributed by atoms with Crippen molar-refractivity contribution in [2.45, 2.75) is 19.9 Å². The van der Waals surface area contributed by atoms with Crippen molar-refractivity contribution in [2.75, 3.05) is 12.3 Å². The third kappa shape index (κ3) is 3.14. The number of aromatic nitrogens is 3. The molecular weight excluding hydrogens is 300 g/mol. The summed E-state index contributed by atoms with van der Waals surface area (Å²) in [6, 6.07) is 9.27. The highest BCUT2D eigenvalue weighted by molar-refractivity contribution is 6.31. The first kappa shape index (κ1) is 14.7. The van der Waals surface area contributed by atoms with E-state index in [0.29, 0.717) is 17.3 Å². The number of ether oxygens (including phenoxy) is 1. The maximum Gasteiger partial charge on any atom is 0.160 e. The predicted molar refractivity (Wildman–Crippen MR) is 88.2 cm³/mol. The minimum Gasteiger partial charge on any atom is -0.493 e. The Labute approximate surface area is 133 Å². The zero-order valence-electron chi connectivity index (χ0n) is 12.3. The van der Waals surface area contributed by atoms with E-state index in [1.54, 1.807) is 6.20 Å². The Morgan fingerprint density at radius 1 is 1.32 bits per heavy atom. The fourth-order valence-corrected chi connectivity index (χ4v) is 2.54. The van der Waals surface area contributed by atoms with Crippen molar-refractivity contribution >= 4 is 28.5 Å². The van der Waals surface area contributed by atoms with Crippen molar-refractivity contribution in [3.8, 4) is 5.75 Å². The summed E-state index contributed by atoms with van der Waals surface area (Å²) in [4.78, 5) is 8.84. The SMILES string of the molecule is Cc1nc2cc(Cl)cnc2n1CCCOc1cccc(N)c1. The lowest BCUT2D eigenvalue weighted by atomic mass is 10.3. The van der Waals surface area contributed by atoms with Gasteiger partial charge in [-0.1, -0.05) is 17.7 Å². The van der Waals surface area contributed by atoms with E-state index in [9.17, 15) is 0 Å². The normalized spacial score (nSPS) is 11.0. The number of fused-ring (bicyclic) bond motifs is 1. The number of aryl methyl sites for hydroxylation is 2. The molecule has 0 aliphatic carbocycles. The molecule has 0 atom stereocenters. The predicted octanol–water partition coefficient (Wildman–Crippen LogP) is 3.44. The largest absolute Gasteiger partial charge is 0.493 e. The fourth-order valence-electron chi connectivity index (χ4n) is 2.38. The number of hydrogen-bond donors (Lipinski definition) is 1. The molecule has 2 aromatic heterocycles. The molecule has 0 aliphatic heterocycles. The molecular formula is C16H17ClN4O. The maximum absolute atomic E-state index is 5.95. The van der Waals surface area contributed by atoms with Gasteiger partial charge in [-0.15, -0.1) is 0 Å². The summed E-state index contributed by atoms with van der Waals surface area (Å²) < 4.78 is 7.78. The van der Waals surface area contributed by atoms with Crippen LogP contribution in [0.25, 0.3) is 11.2 Å². The third-order valence-electron chi connectivity index (χ3n) is 3.40. The van der Waals surface area contributed by atoms with E-state index in [-0.39, 0.29) is 0 Å². The average Bonchev–Trinajstić information content (AvgIpc) is 2.78. The first-order chi connectivity index (χ1) is 10.6. The molecule has 0 amide bonds. The lowest BCUT2D eigenvalue weighted by molar-refractivity contribution is 0.302. The highest BCUT2D eigenvalue weighted by Crippen LogP contribution is 2.18. The van der Waals surface area contributed by atoms with Gasteiger partial charge in [-0.3, -0.25) is 0 Å². The summed E-state index contributed by atoms with van der Waals surface area (Å²) in [6.07, 6.45) is 2.50. The van der Waals surface area contributed by atoms with E-state index in [1.807, 2.05) is 37.3 Å². The van der Waals surface area contributed by atoms with Crippen molar-refractivity contribution in [3.63, 3.8) is 0 Å². The van der Waals surface area contributed by atoms with Gasteiger partial charge in [0, 0.05) is 24.5 Å². The Kier molecular flexibility index (Phi) is 4.15. The van der Waals surface area contributed by atoms with E-state index in [4.69, 9.17) is 22.1 Å². The number of anilines is 1. The van der Waals surface area contributed by atoms with Crippen molar-refractivity contribution < 1.29 is 4.74 Å². The quantitative estimate of drug-likeness (QED) is 0.578. The summed E-state index contributed by atoms with van der Waals surface area (Å²) in [7, 11) is 0. The summed E-state index contributed by atoms with van der Waals surface area (Å²) in [5, 5.41) is 0.599. The Bertz CT molecular complexity index is 800. The molecule has 0 aliphatic rings. The van der Waals surface area contributed by atoms with Crippen LogP contribution in [0, 0.1) is 6.92 Å². The van der Waals surface area contributed by atoms with Gasteiger partial charge in [0.2, 0.25) is 0 Å². The van der Waals surface area contributed by atoms with Gasteiger partial charge in [0.05, 0.1) is 11.6 Å². The van der Waals surface area contributed by atoms with E-state index in [1.165, 1.54) is 0 Å². The third-order valence-corrected chi connectivity index (χ3v) is 3.60. The van der Waals surface area contributed by atoms with Gasteiger partial charge in [0.25, 0.3) is 0 Å². The molecule has 0 fully saturated rings. The van der Waals surface area contributed by atoms with Gasteiger partial charge in [-0.25, -0.2) is 9.97 Å². The van der Waals surface area contributed by atoms with Crippen LogP contribution >= 0.6 is 11.6 Å². The lowest BCUT2D eigenvalue weighted by Gasteiger charge is -2.08. The van der Waals surface area contributed by atoms with E-state index >= 15 is 0 Å². The molecule has 5 nitrogen and oxygen atoms in total. The number of benzene rings is 1. The second-order valence-electron chi connectivity index (χ2n) is 5.08. The number of nitrogen functional groups attached to an aromatic ring is 1.